The number of hydrogen-bond acceptors (Lipinski definition) is 2. The quantitative estimate of drug-likeness (QED) is 0.898. The smallest absolute Gasteiger partial charge is 0.251 e. The predicted molar refractivity (Wildman–Crippen MR) is 77.9 cm³/mol. The molecule has 3 heteroatoms. The molecule has 3 nitrogen and oxygen atoms in total. The number of rotatable bonds is 3. The highest BCUT2D eigenvalue weighted by molar-refractivity contribution is 5.95. The van der Waals surface area contributed by atoms with Crippen molar-refractivity contribution in [2.24, 2.45) is 0 Å². The molecule has 102 valence electrons. The molecule has 0 aliphatic heterocycles. The maximum absolute atomic E-state index is 12.1. The lowest BCUT2D eigenvalue weighted by Gasteiger charge is -2.06. The molecular formula is C17H17NO2. The van der Waals surface area contributed by atoms with Gasteiger partial charge in [0, 0.05) is 17.5 Å². The van der Waals surface area contributed by atoms with E-state index < -0.39 is 0 Å². The molecule has 3 rings (SSSR count). The number of amides is 1. The number of phenolic OH excluding ortho intramolecular Hbond substituents is 1. The number of carbonyl (C=O) groups excluding carboxylic acids is 1. The zero-order valence-electron chi connectivity index (χ0n) is 11.3. The molecule has 1 aliphatic carbocycles. The van der Waals surface area contributed by atoms with Crippen LogP contribution in [-0.4, -0.2) is 17.1 Å². The molecule has 1 amide bonds. The van der Waals surface area contributed by atoms with Gasteiger partial charge in [-0.1, -0.05) is 36.4 Å². The van der Waals surface area contributed by atoms with Crippen molar-refractivity contribution in [2.45, 2.75) is 25.3 Å². The first kappa shape index (κ1) is 12.7. The summed E-state index contributed by atoms with van der Waals surface area (Å²) in [5.74, 6) is 0.455. The second-order valence-electron chi connectivity index (χ2n) is 5.33. The Hall–Kier alpha value is -2.29. The van der Waals surface area contributed by atoms with Gasteiger partial charge in [-0.2, -0.15) is 0 Å². The molecule has 1 fully saturated rings. The monoisotopic (exact) mass is 267 g/mol. The summed E-state index contributed by atoms with van der Waals surface area (Å²) >= 11 is 0. The van der Waals surface area contributed by atoms with Gasteiger partial charge in [0.1, 0.15) is 5.75 Å². The minimum atomic E-state index is -0.122. The van der Waals surface area contributed by atoms with Crippen LogP contribution in [0.1, 0.15) is 33.8 Å². The van der Waals surface area contributed by atoms with E-state index in [2.05, 4.69) is 17.4 Å². The maximum atomic E-state index is 12.1. The fraction of sp³-hybridized carbons (Fsp3) is 0.235. The van der Waals surface area contributed by atoms with Crippen LogP contribution < -0.4 is 5.32 Å². The van der Waals surface area contributed by atoms with Crippen molar-refractivity contribution in [2.75, 3.05) is 0 Å². The third-order valence-electron chi connectivity index (χ3n) is 3.81. The minimum absolute atomic E-state index is 0.122. The number of nitrogens with one attached hydrogen (secondary N) is 1. The van der Waals surface area contributed by atoms with Crippen LogP contribution in [0.2, 0.25) is 0 Å². The Balaban J connectivity index is 1.65. The van der Waals surface area contributed by atoms with Crippen molar-refractivity contribution in [3.63, 3.8) is 0 Å². The molecule has 0 spiro atoms. The van der Waals surface area contributed by atoms with Crippen molar-refractivity contribution in [1.29, 1.82) is 0 Å². The van der Waals surface area contributed by atoms with E-state index in [1.807, 2.05) is 25.1 Å². The van der Waals surface area contributed by atoms with Crippen LogP contribution in [0.4, 0.5) is 0 Å². The normalized spacial score (nSPS) is 20.4. The number of aromatic hydroxyl groups is 1. The van der Waals surface area contributed by atoms with Crippen molar-refractivity contribution in [3.8, 4) is 5.75 Å². The van der Waals surface area contributed by atoms with Crippen LogP contribution in [0.3, 0.4) is 0 Å². The molecule has 2 aromatic carbocycles. The summed E-state index contributed by atoms with van der Waals surface area (Å²) in [4.78, 5) is 12.1. The van der Waals surface area contributed by atoms with E-state index >= 15 is 0 Å². The highest BCUT2D eigenvalue weighted by Gasteiger charge is 2.39. The molecule has 2 N–H and O–H groups in total. The topological polar surface area (TPSA) is 49.3 Å². The van der Waals surface area contributed by atoms with Crippen molar-refractivity contribution < 1.29 is 9.90 Å². The first-order chi connectivity index (χ1) is 9.65. The lowest BCUT2D eigenvalue weighted by Crippen LogP contribution is -2.26. The van der Waals surface area contributed by atoms with Gasteiger partial charge in [-0.25, -0.2) is 0 Å². The van der Waals surface area contributed by atoms with Crippen LogP contribution in [0.15, 0.2) is 48.5 Å². The summed E-state index contributed by atoms with van der Waals surface area (Å²) in [5.41, 5.74) is 2.55. The lowest BCUT2D eigenvalue weighted by molar-refractivity contribution is 0.0950. The van der Waals surface area contributed by atoms with Gasteiger partial charge in [-0.15, -0.1) is 0 Å². The van der Waals surface area contributed by atoms with E-state index in [0.717, 1.165) is 12.0 Å². The zero-order valence-corrected chi connectivity index (χ0v) is 11.3. The van der Waals surface area contributed by atoms with Gasteiger partial charge >= 0.3 is 0 Å². The fourth-order valence-electron chi connectivity index (χ4n) is 2.43. The maximum Gasteiger partial charge on any atom is 0.251 e. The Morgan fingerprint density at radius 3 is 2.65 bits per heavy atom. The Bertz CT molecular complexity index is 637. The molecule has 2 unspecified atom stereocenters. The SMILES string of the molecule is Cc1ccc(C(=O)NC2CC2c2ccccc2)cc1O. The van der Waals surface area contributed by atoms with Crippen LogP contribution in [0, 0.1) is 6.92 Å². The highest BCUT2D eigenvalue weighted by Crippen LogP contribution is 2.40. The largest absolute Gasteiger partial charge is 0.508 e. The number of hydrogen-bond donors (Lipinski definition) is 2. The van der Waals surface area contributed by atoms with Crippen LogP contribution in [0.5, 0.6) is 5.75 Å². The number of aryl methyl sites for hydroxylation is 1. The van der Waals surface area contributed by atoms with Gasteiger partial charge in [0.25, 0.3) is 5.91 Å². The number of phenols is 1. The number of carbonyl (C=O) groups is 1. The van der Waals surface area contributed by atoms with Gasteiger partial charge < -0.3 is 10.4 Å². The van der Waals surface area contributed by atoms with E-state index in [-0.39, 0.29) is 17.7 Å². The summed E-state index contributed by atoms with van der Waals surface area (Å²) in [7, 11) is 0. The van der Waals surface area contributed by atoms with Gasteiger partial charge in [-0.05, 0) is 36.6 Å². The third kappa shape index (κ3) is 2.52. The van der Waals surface area contributed by atoms with Gasteiger partial charge in [-0.3, -0.25) is 4.79 Å². The lowest BCUT2D eigenvalue weighted by atomic mass is 10.1. The first-order valence-electron chi connectivity index (χ1n) is 6.80. The second-order valence-corrected chi connectivity index (χ2v) is 5.33. The summed E-state index contributed by atoms with van der Waals surface area (Å²) in [5, 5.41) is 12.7. The minimum Gasteiger partial charge on any atom is -0.508 e. The summed E-state index contributed by atoms with van der Waals surface area (Å²) in [6.45, 7) is 1.81. The van der Waals surface area contributed by atoms with Gasteiger partial charge in [0.05, 0.1) is 0 Å². The van der Waals surface area contributed by atoms with Crippen LogP contribution in [-0.2, 0) is 0 Å². The molecule has 0 heterocycles. The van der Waals surface area contributed by atoms with Gasteiger partial charge in [0.2, 0.25) is 0 Å². The molecule has 0 saturated heterocycles. The third-order valence-corrected chi connectivity index (χ3v) is 3.81. The predicted octanol–water partition coefficient (Wildman–Crippen LogP) is 2.99. The van der Waals surface area contributed by atoms with Crippen molar-refractivity contribution in [3.05, 3.63) is 65.2 Å². The molecular weight excluding hydrogens is 250 g/mol. The van der Waals surface area contributed by atoms with E-state index in [9.17, 15) is 9.90 Å². The number of benzene rings is 2. The van der Waals surface area contributed by atoms with Gasteiger partial charge in [0.15, 0.2) is 0 Å². The van der Waals surface area contributed by atoms with E-state index in [1.54, 1.807) is 12.1 Å². The Morgan fingerprint density at radius 1 is 1.20 bits per heavy atom. The first-order valence-corrected chi connectivity index (χ1v) is 6.80. The Morgan fingerprint density at radius 2 is 1.95 bits per heavy atom. The molecule has 2 atom stereocenters. The van der Waals surface area contributed by atoms with E-state index in [0.29, 0.717) is 11.5 Å². The molecule has 0 bridgehead atoms. The standard InChI is InChI=1S/C17H17NO2/c1-11-7-8-13(9-16(11)19)17(20)18-15-10-14(15)12-5-3-2-4-6-12/h2-9,14-15,19H,10H2,1H3,(H,18,20). The van der Waals surface area contributed by atoms with Crippen molar-refractivity contribution >= 4 is 5.91 Å². The molecule has 0 radical (unpaired) electrons. The summed E-state index contributed by atoms with van der Waals surface area (Å²) in [6, 6.07) is 15.4. The molecule has 2 aromatic rings. The summed E-state index contributed by atoms with van der Waals surface area (Å²) in [6.07, 6.45) is 0.980. The van der Waals surface area contributed by atoms with E-state index in [1.165, 1.54) is 11.6 Å². The van der Waals surface area contributed by atoms with Crippen LogP contribution >= 0.6 is 0 Å². The highest BCUT2D eigenvalue weighted by atomic mass is 16.3. The average Bonchev–Trinajstić information content (AvgIpc) is 3.22. The average molecular weight is 267 g/mol. The van der Waals surface area contributed by atoms with Crippen molar-refractivity contribution in [1.82, 2.24) is 5.32 Å². The van der Waals surface area contributed by atoms with Crippen LogP contribution in [0.25, 0.3) is 0 Å². The Labute approximate surface area is 118 Å². The molecule has 1 aliphatic rings. The summed E-state index contributed by atoms with van der Waals surface area (Å²) < 4.78 is 0. The Kier molecular flexibility index (Phi) is 3.18. The molecule has 20 heavy (non-hydrogen) atoms. The second kappa shape index (κ2) is 5.00. The fourth-order valence-corrected chi connectivity index (χ4v) is 2.43. The molecule has 0 aromatic heterocycles. The molecule has 1 saturated carbocycles. The van der Waals surface area contributed by atoms with E-state index in [4.69, 9.17) is 0 Å². The zero-order chi connectivity index (χ0) is 14.1.